The van der Waals surface area contributed by atoms with Crippen molar-refractivity contribution in [2.24, 2.45) is 0 Å². The van der Waals surface area contributed by atoms with Crippen LogP contribution in [-0.4, -0.2) is 38.4 Å². The second kappa shape index (κ2) is 5.84. The number of hydrogen-bond acceptors (Lipinski definition) is 5. The Morgan fingerprint density at radius 1 is 1.26 bits per heavy atom. The Morgan fingerprint density at radius 2 is 2.09 bits per heavy atom. The molecule has 0 fully saturated rings. The molecule has 1 N–H and O–H groups in total. The quantitative estimate of drug-likeness (QED) is 0.794. The summed E-state index contributed by atoms with van der Waals surface area (Å²) in [6.07, 6.45) is 1.34. The highest BCUT2D eigenvalue weighted by Gasteiger charge is 2.14. The van der Waals surface area contributed by atoms with Gasteiger partial charge in [0.1, 0.15) is 17.9 Å². The van der Waals surface area contributed by atoms with Crippen LogP contribution in [0.2, 0.25) is 0 Å². The maximum absolute atomic E-state index is 13.6. The molecule has 2 aromatic carbocycles. The maximum Gasteiger partial charge on any atom is 0.335 e. The van der Waals surface area contributed by atoms with Crippen LogP contribution in [0.4, 0.5) is 4.39 Å². The fourth-order valence-electron chi connectivity index (χ4n) is 2.21. The van der Waals surface area contributed by atoms with Crippen molar-refractivity contribution in [3.8, 4) is 22.6 Å². The molecular formula is C15H11FN4O3. The largest absolute Gasteiger partial charge is 0.496 e. The smallest absolute Gasteiger partial charge is 0.335 e. The zero-order chi connectivity index (χ0) is 16.4. The SMILES string of the molecule is COc1ccc(F)cc1-c1cc(C(=O)O)cc(-n2cnnn2)c1. The molecule has 0 atom stereocenters. The minimum Gasteiger partial charge on any atom is -0.496 e. The summed E-state index contributed by atoms with van der Waals surface area (Å²) < 4.78 is 20.1. The molecule has 1 heterocycles. The van der Waals surface area contributed by atoms with Crippen LogP contribution in [0, 0.1) is 5.82 Å². The first kappa shape index (κ1) is 14.6. The minimum absolute atomic E-state index is 0.0271. The van der Waals surface area contributed by atoms with E-state index in [0.29, 0.717) is 22.6 Å². The number of benzene rings is 2. The summed E-state index contributed by atoms with van der Waals surface area (Å²) >= 11 is 0. The monoisotopic (exact) mass is 314 g/mol. The van der Waals surface area contributed by atoms with Gasteiger partial charge >= 0.3 is 5.97 Å². The summed E-state index contributed by atoms with van der Waals surface area (Å²) in [5.41, 5.74) is 1.38. The van der Waals surface area contributed by atoms with E-state index in [-0.39, 0.29) is 5.56 Å². The summed E-state index contributed by atoms with van der Waals surface area (Å²) in [6, 6.07) is 8.55. The highest BCUT2D eigenvalue weighted by atomic mass is 19.1. The van der Waals surface area contributed by atoms with Gasteiger partial charge in [0.05, 0.1) is 18.4 Å². The number of halogens is 1. The predicted octanol–water partition coefficient (Wildman–Crippen LogP) is 2.18. The average Bonchev–Trinajstić information content (AvgIpc) is 3.09. The number of rotatable bonds is 4. The first-order valence-electron chi connectivity index (χ1n) is 6.54. The van der Waals surface area contributed by atoms with Crippen molar-refractivity contribution in [3.05, 3.63) is 54.1 Å². The third-order valence-corrected chi connectivity index (χ3v) is 3.25. The minimum atomic E-state index is -1.11. The molecule has 0 saturated carbocycles. The number of carboxylic acid groups (broad SMARTS) is 1. The number of aromatic nitrogens is 4. The molecule has 8 heteroatoms. The van der Waals surface area contributed by atoms with E-state index in [1.165, 1.54) is 48.5 Å². The Kier molecular flexibility index (Phi) is 3.71. The molecule has 23 heavy (non-hydrogen) atoms. The van der Waals surface area contributed by atoms with Gasteiger partial charge in [-0.3, -0.25) is 0 Å². The van der Waals surface area contributed by atoms with Crippen molar-refractivity contribution in [1.82, 2.24) is 20.2 Å². The van der Waals surface area contributed by atoms with Gasteiger partial charge in [-0.15, -0.1) is 5.10 Å². The Bertz CT molecular complexity index is 865. The van der Waals surface area contributed by atoms with E-state index in [1.807, 2.05) is 0 Å². The van der Waals surface area contributed by atoms with Gasteiger partial charge in [0.2, 0.25) is 0 Å². The summed E-state index contributed by atoms with van der Waals surface area (Å²) in [5.74, 6) is -1.14. The number of carbonyl (C=O) groups is 1. The topological polar surface area (TPSA) is 90.1 Å². The summed E-state index contributed by atoms with van der Waals surface area (Å²) in [5, 5.41) is 20.1. The van der Waals surface area contributed by atoms with Gasteiger partial charge in [-0.25, -0.2) is 13.9 Å². The Balaban J connectivity index is 2.23. The van der Waals surface area contributed by atoms with Crippen LogP contribution in [0.3, 0.4) is 0 Å². The van der Waals surface area contributed by atoms with Crippen molar-refractivity contribution in [2.75, 3.05) is 7.11 Å². The normalized spacial score (nSPS) is 10.5. The van der Waals surface area contributed by atoms with Gasteiger partial charge in [-0.1, -0.05) is 0 Å². The molecule has 116 valence electrons. The van der Waals surface area contributed by atoms with E-state index in [4.69, 9.17) is 4.74 Å². The number of tetrazole rings is 1. The van der Waals surface area contributed by atoms with E-state index in [1.54, 1.807) is 6.07 Å². The lowest BCUT2D eigenvalue weighted by molar-refractivity contribution is 0.0697. The van der Waals surface area contributed by atoms with Crippen LogP contribution >= 0.6 is 0 Å². The Hall–Kier alpha value is -3.29. The van der Waals surface area contributed by atoms with Gasteiger partial charge in [-0.05, 0) is 52.4 Å². The molecule has 0 radical (unpaired) electrons. The molecule has 0 aliphatic heterocycles. The fourth-order valence-corrected chi connectivity index (χ4v) is 2.21. The zero-order valence-corrected chi connectivity index (χ0v) is 12.0. The maximum atomic E-state index is 13.6. The molecule has 0 spiro atoms. The fraction of sp³-hybridized carbons (Fsp3) is 0.0667. The number of nitrogens with zero attached hydrogens (tertiary/aromatic N) is 4. The van der Waals surface area contributed by atoms with Crippen LogP contribution in [0.15, 0.2) is 42.7 Å². The first-order chi connectivity index (χ1) is 11.1. The van der Waals surface area contributed by atoms with Crippen LogP contribution < -0.4 is 4.74 Å². The van der Waals surface area contributed by atoms with Gasteiger partial charge in [0, 0.05) is 5.56 Å². The second-order valence-electron chi connectivity index (χ2n) is 4.67. The molecule has 0 amide bonds. The highest BCUT2D eigenvalue weighted by Crippen LogP contribution is 2.32. The lowest BCUT2D eigenvalue weighted by Crippen LogP contribution is -2.02. The third kappa shape index (κ3) is 2.86. The third-order valence-electron chi connectivity index (χ3n) is 3.25. The van der Waals surface area contributed by atoms with Crippen molar-refractivity contribution in [1.29, 1.82) is 0 Å². The van der Waals surface area contributed by atoms with Crippen molar-refractivity contribution < 1.29 is 19.0 Å². The second-order valence-corrected chi connectivity index (χ2v) is 4.67. The molecule has 0 saturated heterocycles. The molecule has 3 aromatic rings. The molecule has 0 unspecified atom stereocenters. The van der Waals surface area contributed by atoms with Gasteiger partial charge in [-0.2, -0.15) is 0 Å². The van der Waals surface area contributed by atoms with E-state index in [2.05, 4.69) is 15.5 Å². The molecule has 1 aromatic heterocycles. The molecule has 0 aliphatic carbocycles. The van der Waals surface area contributed by atoms with Crippen molar-refractivity contribution in [3.63, 3.8) is 0 Å². The number of ether oxygens (including phenoxy) is 1. The number of methoxy groups -OCH3 is 1. The van der Waals surface area contributed by atoms with E-state index in [0.717, 1.165) is 0 Å². The summed E-state index contributed by atoms with van der Waals surface area (Å²) in [7, 11) is 1.46. The van der Waals surface area contributed by atoms with Crippen LogP contribution in [0.1, 0.15) is 10.4 Å². The molecule has 7 nitrogen and oxygen atoms in total. The Labute approximate surface area is 129 Å². The number of carboxylic acids is 1. The van der Waals surface area contributed by atoms with E-state index < -0.39 is 11.8 Å². The highest BCUT2D eigenvalue weighted by molar-refractivity contribution is 5.91. The van der Waals surface area contributed by atoms with E-state index >= 15 is 0 Å². The van der Waals surface area contributed by atoms with E-state index in [9.17, 15) is 14.3 Å². The first-order valence-corrected chi connectivity index (χ1v) is 6.54. The van der Waals surface area contributed by atoms with Gasteiger partial charge < -0.3 is 9.84 Å². The summed E-state index contributed by atoms with van der Waals surface area (Å²) in [4.78, 5) is 11.4. The number of hydrogen-bond donors (Lipinski definition) is 1. The number of aromatic carboxylic acids is 1. The van der Waals surface area contributed by atoms with Crippen LogP contribution in [-0.2, 0) is 0 Å². The average molecular weight is 314 g/mol. The predicted molar refractivity (Wildman–Crippen MR) is 78.1 cm³/mol. The van der Waals surface area contributed by atoms with Gasteiger partial charge in [0.15, 0.2) is 0 Å². The summed E-state index contributed by atoms with van der Waals surface area (Å²) in [6.45, 7) is 0. The van der Waals surface area contributed by atoms with Gasteiger partial charge in [0.25, 0.3) is 0 Å². The zero-order valence-electron chi connectivity index (χ0n) is 12.0. The lowest BCUT2D eigenvalue weighted by Gasteiger charge is -2.11. The molecule has 0 aliphatic rings. The lowest BCUT2D eigenvalue weighted by atomic mass is 10.0. The molecule has 3 rings (SSSR count). The standard InChI is InChI=1S/C15H11FN4O3/c1-23-14-3-2-11(16)7-13(14)9-4-10(15(21)22)6-12(5-9)20-8-17-18-19-20/h2-8H,1H3,(H,21,22). The molecule has 0 bridgehead atoms. The van der Waals surface area contributed by atoms with Crippen molar-refractivity contribution in [2.45, 2.75) is 0 Å². The van der Waals surface area contributed by atoms with Crippen molar-refractivity contribution >= 4 is 5.97 Å². The Morgan fingerprint density at radius 3 is 2.74 bits per heavy atom. The van der Waals surface area contributed by atoms with Crippen LogP contribution in [0.25, 0.3) is 16.8 Å². The van der Waals surface area contributed by atoms with Crippen LogP contribution in [0.5, 0.6) is 5.75 Å². The molecular weight excluding hydrogens is 303 g/mol.